The van der Waals surface area contributed by atoms with E-state index in [9.17, 15) is 9.59 Å². The van der Waals surface area contributed by atoms with Crippen molar-refractivity contribution in [1.82, 2.24) is 14.1 Å². The molecule has 0 spiro atoms. The lowest BCUT2D eigenvalue weighted by molar-refractivity contribution is 0.699. The van der Waals surface area contributed by atoms with Gasteiger partial charge in [0.05, 0.1) is 5.69 Å². The Bertz CT molecular complexity index is 1010. The Hall–Kier alpha value is -2.89. The molecule has 130 valence electrons. The first-order valence-electron chi connectivity index (χ1n) is 8.34. The maximum Gasteiger partial charge on any atom is 0.332 e. The minimum atomic E-state index is -0.376. The van der Waals surface area contributed by atoms with Gasteiger partial charge in [0.2, 0.25) is 0 Å². The lowest BCUT2D eigenvalue weighted by Gasteiger charge is -2.17. The van der Waals surface area contributed by atoms with Crippen molar-refractivity contribution in [1.29, 1.82) is 0 Å². The monoisotopic (exact) mass is 338 g/mol. The van der Waals surface area contributed by atoms with E-state index in [1.807, 2.05) is 18.2 Å². The fourth-order valence-corrected chi connectivity index (χ4v) is 2.97. The molecule has 0 aliphatic heterocycles. The van der Waals surface area contributed by atoms with Crippen LogP contribution in [0.3, 0.4) is 0 Å². The first kappa shape index (κ1) is 17.0. The maximum atomic E-state index is 12.6. The van der Waals surface area contributed by atoms with Gasteiger partial charge in [-0.1, -0.05) is 30.3 Å². The summed E-state index contributed by atoms with van der Waals surface area (Å²) in [6.45, 7) is 2.08. The number of nitrogens with zero attached hydrogens (tertiary/aromatic N) is 3. The lowest BCUT2D eigenvalue weighted by Crippen LogP contribution is -2.37. The molecule has 0 aliphatic carbocycles. The van der Waals surface area contributed by atoms with E-state index in [4.69, 9.17) is 0 Å². The van der Waals surface area contributed by atoms with Gasteiger partial charge in [-0.05, 0) is 31.4 Å². The number of pyridine rings is 1. The third kappa shape index (κ3) is 3.33. The largest absolute Gasteiger partial charge is 0.382 e. The second kappa shape index (κ2) is 6.93. The predicted molar refractivity (Wildman–Crippen MR) is 100 cm³/mol. The summed E-state index contributed by atoms with van der Waals surface area (Å²) in [5.41, 5.74) is 1.69. The molecule has 1 N–H and O–H groups in total. The molecule has 3 aromatic rings. The highest BCUT2D eigenvalue weighted by atomic mass is 16.2. The molecule has 2 aromatic heterocycles. The molecule has 0 fully saturated rings. The first-order valence-corrected chi connectivity index (χ1v) is 8.34. The lowest BCUT2D eigenvalue weighted by atomic mass is 10.1. The third-order valence-corrected chi connectivity index (χ3v) is 4.45. The van der Waals surface area contributed by atoms with Crippen molar-refractivity contribution in [3.8, 4) is 0 Å². The van der Waals surface area contributed by atoms with Crippen molar-refractivity contribution in [3.05, 3.63) is 69.0 Å². The number of rotatable bonds is 5. The van der Waals surface area contributed by atoms with Crippen molar-refractivity contribution >= 4 is 16.7 Å². The molecular weight excluding hydrogens is 316 g/mol. The Morgan fingerprint density at radius 2 is 1.80 bits per heavy atom. The number of anilines is 1. The highest BCUT2D eigenvalue weighted by Crippen LogP contribution is 2.18. The van der Waals surface area contributed by atoms with Crippen LogP contribution in [-0.4, -0.2) is 20.2 Å². The fourth-order valence-electron chi connectivity index (χ4n) is 2.97. The van der Waals surface area contributed by atoms with E-state index in [-0.39, 0.29) is 17.3 Å². The molecule has 0 saturated carbocycles. The van der Waals surface area contributed by atoms with Gasteiger partial charge in [-0.15, -0.1) is 0 Å². The minimum Gasteiger partial charge on any atom is -0.382 e. The van der Waals surface area contributed by atoms with Crippen molar-refractivity contribution in [2.75, 3.05) is 5.32 Å². The van der Waals surface area contributed by atoms with Gasteiger partial charge in [0.25, 0.3) is 5.56 Å². The van der Waals surface area contributed by atoms with Gasteiger partial charge < -0.3 is 5.32 Å². The quantitative estimate of drug-likeness (QED) is 0.773. The van der Waals surface area contributed by atoms with E-state index in [1.165, 1.54) is 17.2 Å². The predicted octanol–water partition coefficient (Wildman–Crippen LogP) is 2.07. The van der Waals surface area contributed by atoms with Crippen LogP contribution < -0.4 is 16.6 Å². The number of aryl methyl sites for hydroxylation is 2. The summed E-state index contributed by atoms with van der Waals surface area (Å²) in [6, 6.07) is 12.3. The first-order chi connectivity index (χ1) is 12.0. The molecule has 25 heavy (non-hydrogen) atoms. The Labute approximate surface area is 145 Å². The van der Waals surface area contributed by atoms with Crippen LogP contribution in [0.15, 0.2) is 52.2 Å². The molecule has 1 aromatic carbocycles. The highest BCUT2D eigenvalue weighted by Gasteiger charge is 2.14. The zero-order valence-corrected chi connectivity index (χ0v) is 14.7. The van der Waals surface area contributed by atoms with Crippen molar-refractivity contribution in [2.45, 2.75) is 25.8 Å². The van der Waals surface area contributed by atoms with Crippen molar-refractivity contribution in [3.63, 3.8) is 0 Å². The van der Waals surface area contributed by atoms with Crippen LogP contribution >= 0.6 is 0 Å². The summed E-state index contributed by atoms with van der Waals surface area (Å²) in [5, 5.41) is 3.84. The third-order valence-electron chi connectivity index (χ3n) is 4.45. The maximum absolute atomic E-state index is 12.6. The summed E-state index contributed by atoms with van der Waals surface area (Å²) in [4.78, 5) is 28.8. The van der Waals surface area contributed by atoms with Crippen LogP contribution in [0.2, 0.25) is 0 Å². The zero-order chi connectivity index (χ0) is 18.0. The number of benzene rings is 1. The van der Waals surface area contributed by atoms with E-state index in [2.05, 4.69) is 29.4 Å². The molecule has 1 unspecified atom stereocenters. The second-order valence-corrected chi connectivity index (χ2v) is 6.33. The minimum absolute atomic E-state index is 0.174. The van der Waals surface area contributed by atoms with Gasteiger partial charge in [0, 0.05) is 26.3 Å². The van der Waals surface area contributed by atoms with E-state index in [0.29, 0.717) is 16.7 Å². The van der Waals surface area contributed by atoms with Gasteiger partial charge in [-0.2, -0.15) is 0 Å². The molecular formula is C19H22N4O2. The molecule has 0 saturated heterocycles. The van der Waals surface area contributed by atoms with Crippen LogP contribution in [0.5, 0.6) is 0 Å². The second-order valence-electron chi connectivity index (χ2n) is 6.33. The van der Waals surface area contributed by atoms with E-state index < -0.39 is 0 Å². The standard InChI is InChI=1S/C19H22N4O2/c1-13(9-10-14-7-5-4-6-8-14)21-15-11-12-20-17-16(15)18(24)23(3)19(25)22(17)2/h4-8,11-13H,9-10H2,1-3H3,(H,20,21). The molecule has 2 heterocycles. The van der Waals surface area contributed by atoms with Crippen LogP contribution in [-0.2, 0) is 20.5 Å². The summed E-state index contributed by atoms with van der Waals surface area (Å²) in [5.74, 6) is 0. The molecule has 6 heteroatoms. The van der Waals surface area contributed by atoms with Crippen LogP contribution in [0.1, 0.15) is 18.9 Å². The van der Waals surface area contributed by atoms with Gasteiger partial charge in [0.15, 0.2) is 5.65 Å². The smallest absolute Gasteiger partial charge is 0.332 e. The Kier molecular flexibility index (Phi) is 4.70. The van der Waals surface area contributed by atoms with E-state index >= 15 is 0 Å². The zero-order valence-electron chi connectivity index (χ0n) is 14.7. The summed E-state index contributed by atoms with van der Waals surface area (Å²) in [6.07, 6.45) is 3.50. The number of aromatic nitrogens is 3. The average Bonchev–Trinajstić information content (AvgIpc) is 2.63. The van der Waals surface area contributed by atoms with Crippen LogP contribution in [0.25, 0.3) is 11.0 Å². The summed E-state index contributed by atoms with van der Waals surface area (Å²) < 4.78 is 2.51. The van der Waals surface area contributed by atoms with Gasteiger partial charge in [-0.3, -0.25) is 13.9 Å². The van der Waals surface area contributed by atoms with E-state index in [0.717, 1.165) is 17.4 Å². The van der Waals surface area contributed by atoms with Crippen molar-refractivity contribution in [2.24, 2.45) is 14.1 Å². The molecule has 0 aliphatic rings. The molecule has 0 radical (unpaired) electrons. The summed E-state index contributed by atoms with van der Waals surface area (Å²) >= 11 is 0. The summed E-state index contributed by atoms with van der Waals surface area (Å²) in [7, 11) is 3.11. The van der Waals surface area contributed by atoms with Crippen LogP contribution in [0.4, 0.5) is 5.69 Å². The SMILES string of the molecule is CC(CCc1ccccc1)Nc1ccnc2c1c(=O)n(C)c(=O)n2C. The average molecular weight is 338 g/mol. The molecule has 3 rings (SSSR count). The van der Waals surface area contributed by atoms with E-state index in [1.54, 1.807) is 19.3 Å². The molecule has 0 bridgehead atoms. The Morgan fingerprint density at radius 3 is 2.52 bits per heavy atom. The fraction of sp³-hybridized carbons (Fsp3) is 0.316. The normalized spacial score (nSPS) is 12.3. The topological polar surface area (TPSA) is 68.9 Å². The van der Waals surface area contributed by atoms with Gasteiger partial charge in [0.1, 0.15) is 5.39 Å². The van der Waals surface area contributed by atoms with Gasteiger partial charge in [-0.25, -0.2) is 9.78 Å². The number of hydrogen-bond acceptors (Lipinski definition) is 4. The number of hydrogen-bond donors (Lipinski definition) is 1. The van der Waals surface area contributed by atoms with Crippen LogP contribution in [0, 0.1) is 0 Å². The molecule has 1 atom stereocenters. The van der Waals surface area contributed by atoms with Crippen molar-refractivity contribution < 1.29 is 0 Å². The number of nitrogens with one attached hydrogen (secondary N) is 1. The number of fused-ring (bicyclic) bond motifs is 1. The Balaban J connectivity index is 1.89. The molecule has 0 amide bonds. The Morgan fingerprint density at radius 1 is 1.08 bits per heavy atom. The highest BCUT2D eigenvalue weighted by molar-refractivity contribution is 5.88. The molecule has 6 nitrogen and oxygen atoms in total. The van der Waals surface area contributed by atoms with Gasteiger partial charge >= 0.3 is 5.69 Å².